The number of hydrogen-bond donors (Lipinski definition) is 2. The van der Waals surface area contributed by atoms with Gasteiger partial charge < -0.3 is 14.8 Å². The minimum Gasteiger partial charge on any atom is -0.352 e. The minimum atomic E-state index is -0.344. The fraction of sp³-hybridized carbons (Fsp3) is 0.429. The lowest BCUT2D eigenvalue weighted by molar-refractivity contribution is 0.0652. The SMILES string of the molecule is C[C@H]1CCCCNC(=O)c2cccc(c2)C(=O)Nc2nc3cccc(C(=O)N4C[C@H]5C[C@@H]4CN5C)c3n21. The third kappa shape index (κ3) is 4.17. The number of amides is 3. The molecule has 2 fully saturated rings. The van der Waals surface area contributed by atoms with Gasteiger partial charge in [-0.25, -0.2) is 4.98 Å². The number of likely N-dealkylation sites (N-methyl/N-ethyl adjacent to an activating group) is 1. The Morgan fingerprint density at radius 3 is 2.54 bits per heavy atom. The zero-order valence-electron chi connectivity index (χ0n) is 21.2. The van der Waals surface area contributed by atoms with Gasteiger partial charge in [-0.15, -0.1) is 0 Å². The van der Waals surface area contributed by atoms with Crippen LogP contribution < -0.4 is 10.6 Å². The van der Waals surface area contributed by atoms with Crippen LogP contribution in [0.1, 0.15) is 69.7 Å². The van der Waals surface area contributed by atoms with Gasteiger partial charge in [0.05, 0.1) is 16.6 Å². The van der Waals surface area contributed by atoms with Crippen LogP contribution in [0.15, 0.2) is 42.5 Å². The largest absolute Gasteiger partial charge is 0.352 e. The number of carbonyl (C=O) groups excluding carboxylic acids is 3. The van der Waals surface area contributed by atoms with Crippen LogP contribution in [0.5, 0.6) is 0 Å². The second-order valence-electron chi connectivity index (χ2n) is 10.6. The first-order valence-corrected chi connectivity index (χ1v) is 13.1. The van der Waals surface area contributed by atoms with Crippen molar-refractivity contribution in [1.29, 1.82) is 0 Å². The van der Waals surface area contributed by atoms with Crippen LogP contribution in [-0.4, -0.2) is 75.8 Å². The molecule has 9 heteroatoms. The van der Waals surface area contributed by atoms with E-state index in [2.05, 4.69) is 29.5 Å². The molecule has 3 aromatic rings. The van der Waals surface area contributed by atoms with Crippen molar-refractivity contribution < 1.29 is 14.4 Å². The van der Waals surface area contributed by atoms with Crippen molar-refractivity contribution >= 4 is 34.7 Å². The summed E-state index contributed by atoms with van der Waals surface area (Å²) in [6, 6.07) is 13.0. The Morgan fingerprint density at radius 2 is 1.78 bits per heavy atom. The van der Waals surface area contributed by atoms with E-state index in [0.29, 0.717) is 40.7 Å². The molecule has 3 aliphatic rings. The number of carbonyl (C=O) groups is 3. The number of likely N-dealkylation sites (tertiary alicyclic amines) is 2. The molecule has 9 nitrogen and oxygen atoms in total. The van der Waals surface area contributed by atoms with E-state index in [9.17, 15) is 14.4 Å². The van der Waals surface area contributed by atoms with Crippen molar-refractivity contribution in [2.75, 3.05) is 32.0 Å². The highest BCUT2D eigenvalue weighted by Crippen LogP contribution is 2.34. The number of aromatic nitrogens is 2. The van der Waals surface area contributed by atoms with E-state index in [0.717, 1.165) is 44.3 Å². The first-order valence-electron chi connectivity index (χ1n) is 13.1. The van der Waals surface area contributed by atoms with E-state index in [1.54, 1.807) is 24.3 Å². The number of hydrogen-bond acceptors (Lipinski definition) is 5. The lowest BCUT2D eigenvalue weighted by atomic mass is 10.1. The molecule has 2 aromatic carbocycles. The van der Waals surface area contributed by atoms with Crippen LogP contribution in [0.25, 0.3) is 11.0 Å². The van der Waals surface area contributed by atoms with E-state index < -0.39 is 0 Å². The van der Waals surface area contributed by atoms with Gasteiger partial charge in [-0.1, -0.05) is 12.1 Å². The van der Waals surface area contributed by atoms with E-state index >= 15 is 0 Å². The number of piperazine rings is 1. The maximum absolute atomic E-state index is 13.9. The van der Waals surface area contributed by atoms with Crippen molar-refractivity contribution in [3.05, 3.63) is 59.2 Å². The van der Waals surface area contributed by atoms with Crippen molar-refractivity contribution in [3.63, 3.8) is 0 Å². The molecule has 3 atom stereocenters. The molecule has 4 heterocycles. The summed E-state index contributed by atoms with van der Waals surface area (Å²) >= 11 is 0. The van der Waals surface area contributed by atoms with E-state index in [1.165, 1.54) is 0 Å². The molecule has 3 amide bonds. The van der Waals surface area contributed by atoms with Gasteiger partial charge in [-0.3, -0.25) is 24.6 Å². The summed E-state index contributed by atoms with van der Waals surface area (Å²) in [5.74, 6) is -0.0789. The smallest absolute Gasteiger partial charge is 0.257 e. The summed E-state index contributed by atoms with van der Waals surface area (Å²) < 4.78 is 2.02. The molecule has 3 aliphatic heterocycles. The first kappa shape index (κ1) is 23.7. The molecule has 2 N–H and O–H groups in total. The molecule has 1 aromatic heterocycles. The Kier molecular flexibility index (Phi) is 5.95. The Labute approximate surface area is 215 Å². The van der Waals surface area contributed by atoms with Crippen molar-refractivity contribution in [2.24, 2.45) is 0 Å². The van der Waals surface area contributed by atoms with Crippen molar-refractivity contribution in [1.82, 2.24) is 24.7 Å². The second kappa shape index (κ2) is 9.30. The highest BCUT2D eigenvalue weighted by molar-refractivity contribution is 6.08. The monoisotopic (exact) mass is 500 g/mol. The third-order valence-corrected chi connectivity index (χ3v) is 8.10. The highest BCUT2D eigenvalue weighted by Gasteiger charge is 2.44. The molecular formula is C28H32N6O3. The van der Waals surface area contributed by atoms with Gasteiger partial charge in [0.15, 0.2) is 0 Å². The van der Waals surface area contributed by atoms with Gasteiger partial charge in [-0.05, 0) is 70.0 Å². The number of anilines is 1. The summed E-state index contributed by atoms with van der Waals surface area (Å²) in [6.45, 7) is 4.30. The number of para-hydroxylation sites is 1. The molecule has 0 aliphatic carbocycles. The summed E-state index contributed by atoms with van der Waals surface area (Å²) in [5, 5.41) is 5.92. The molecule has 0 spiro atoms. The first-order chi connectivity index (χ1) is 17.9. The average Bonchev–Trinajstić information content (AvgIpc) is 3.59. The number of nitrogens with one attached hydrogen (secondary N) is 2. The molecule has 192 valence electrons. The van der Waals surface area contributed by atoms with Gasteiger partial charge in [0.2, 0.25) is 5.95 Å². The minimum absolute atomic E-state index is 0.0135. The highest BCUT2D eigenvalue weighted by atomic mass is 16.2. The Balaban J connectivity index is 1.42. The van der Waals surface area contributed by atoms with E-state index in [4.69, 9.17) is 4.98 Å². The number of fused-ring (bicyclic) bond motifs is 7. The quantitative estimate of drug-likeness (QED) is 0.534. The maximum atomic E-state index is 13.9. The van der Waals surface area contributed by atoms with Gasteiger partial charge in [0.25, 0.3) is 17.7 Å². The molecule has 0 unspecified atom stereocenters. The Hall–Kier alpha value is -3.72. The summed E-state index contributed by atoms with van der Waals surface area (Å²) in [6.07, 6.45) is 3.55. The van der Waals surface area contributed by atoms with Gasteiger partial charge in [0.1, 0.15) is 0 Å². The normalized spacial score (nSPS) is 24.5. The molecule has 2 saturated heterocycles. The third-order valence-electron chi connectivity index (χ3n) is 8.10. The standard InChI is InChI=1S/C28H32N6O3/c1-17-7-3-4-12-29-25(35)18-8-5-9-19(13-18)26(36)31-28-30-23-11-6-10-22(24(23)34(17)28)27(37)33-16-20-14-21(33)15-32(20)2/h5-6,8-11,13,17,20-21H,3-4,7,12,14-16H2,1-2H3,(H,29,35)(H,30,31,36)/t17-,20+,21+/m0/s1. The van der Waals surface area contributed by atoms with Crippen LogP contribution >= 0.6 is 0 Å². The predicted octanol–water partition coefficient (Wildman–Crippen LogP) is 3.29. The molecule has 4 bridgehead atoms. The van der Waals surface area contributed by atoms with E-state index in [-0.39, 0.29) is 29.8 Å². The lowest BCUT2D eigenvalue weighted by Gasteiger charge is -2.32. The number of rotatable bonds is 1. The fourth-order valence-corrected chi connectivity index (χ4v) is 6.08. The number of nitrogens with zero attached hydrogens (tertiary/aromatic N) is 4. The Bertz CT molecular complexity index is 1400. The average molecular weight is 501 g/mol. The van der Waals surface area contributed by atoms with Gasteiger partial charge in [0, 0.05) is 48.9 Å². The topological polar surface area (TPSA) is 99.6 Å². The van der Waals surface area contributed by atoms with Gasteiger partial charge in [-0.2, -0.15) is 0 Å². The number of imidazole rings is 1. The van der Waals surface area contributed by atoms with Gasteiger partial charge >= 0.3 is 0 Å². The van der Waals surface area contributed by atoms with E-state index in [1.807, 2.05) is 27.7 Å². The van der Waals surface area contributed by atoms with Crippen LogP contribution in [0.2, 0.25) is 0 Å². The van der Waals surface area contributed by atoms with Crippen LogP contribution in [0.4, 0.5) is 5.95 Å². The zero-order valence-corrected chi connectivity index (χ0v) is 21.2. The Morgan fingerprint density at radius 1 is 1.00 bits per heavy atom. The molecule has 0 radical (unpaired) electrons. The molecule has 0 saturated carbocycles. The summed E-state index contributed by atoms with van der Waals surface area (Å²) in [4.78, 5) is 48.8. The maximum Gasteiger partial charge on any atom is 0.257 e. The molecular weight excluding hydrogens is 468 g/mol. The van der Waals surface area contributed by atoms with Crippen molar-refractivity contribution in [2.45, 2.75) is 50.7 Å². The zero-order chi connectivity index (χ0) is 25.7. The summed E-state index contributed by atoms with van der Waals surface area (Å²) in [7, 11) is 2.12. The predicted molar refractivity (Wildman–Crippen MR) is 141 cm³/mol. The molecule has 6 rings (SSSR count). The molecule has 37 heavy (non-hydrogen) atoms. The van der Waals surface area contributed by atoms with Crippen molar-refractivity contribution in [3.8, 4) is 0 Å². The lowest BCUT2D eigenvalue weighted by Crippen LogP contribution is -2.47. The second-order valence-corrected chi connectivity index (χ2v) is 10.6. The number of benzene rings is 2. The van der Waals surface area contributed by atoms with Crippen LogP contribution in [-0.2, 0) is 0 Å². The fourth-order valence-electron chi connectivity index (χ4n) is 6.08. The summed E-state index contributed by atoms with van der Waals surface area (Å²) in [5.41, 5.74) is 2.90. The van der Waals surface area contributed by atoms with Crippen LogP contribution in [0.3, 0.4) is 0 Å². The van der Waals surface area contributed by atoms with Crippen LogP contribution in [0, 0.1) is 0 Å².